The van der Waals surface area contributed by atoms with Crippen LogP contribution in [0.2, 0.25) is 0 Å². The Bertz CT molecular complexity index is 166. The fourth-order valence-electron chi connectivity index (χ4n) is 0.954. The predicted molar refractivity (Wildman–Crippen MR) is 43.2 cm³/mol. The monoisotopic (exact) mass is 136 g/mol. The molecule has 0 bridgehead atoms. The minimum Gasteiger partial charge on any atom is -0.366 e. The van der Waals surface area contributed by atoms with Crippen molar-refractivity contribution in [2.45, 2.75) is 0 Å². The van der Waals surface area contributed by atoms with Crippen molar-refractivity contribution in [2.24, 2.45) is 0 Å². The summed E-state index contributed by atoms with van der Waals surface area (Å²) in [5.74, 6) is 0.921. The van der Waals surface area contributed by atoms with Crippen LogP contribution >= 0.6 is 0 Å². The normalized spacial score (nSPS) is 17.4. The lowest BCUT2D eigenvalue weighted by atomic mass is 10.4. The van der Waals surface area contributed by atoms with Crippen molar-refractivity contribution < 1.29 is 0 Å². The molecule has 0 atom stereocenters. The van der Waals surface area contributed by atoms with E-state index in [0.29, 0.717) is 0 Å². The lowest BCUT2D eigenvalue weighted by Gasteiger charge is -2.15. The molecule has 1 aliphatic rings. The largest absolute Gasteiger partial charge is 0.366 e. The van der Waals surface area contributed by atoms with Crippen molar-refractivity contribution >= 4 is 0 Å². The van der Waals surface area contributed by atoms with E-state index in [9.17, 15) is 0 Å². The molecular formula is C8H12N2. The molecule has 10 heavy (non-hydrogen) atoms. The van der Waals surface area contributed by atoms with Gasteiger partial charge in [0.15, 0.2) is 0 Å². The van der Waals surface area contributed by atoms with Crippen LogP contribution in [0.1, 0.15) is 0 Å². The van der Waals surface area contributed by atoms with Gasteiger partial charge in [0, 0.05) is 12.2 Å². The van der Waals surface area contributed by atoms with Crippen LogP contribution in [0.15, 0.2) is 37.3 Å². The van der Waals surface area contributed by atoms with Crippen LogP contribution in [-0.4, -0.2) is 18.0 Å². The second kappa shape index (κ2) is 2.60. The molecule has 0 unspecified atom stereocenters. The van der Waals surface area contributed by atoms with Crippen molar-refractivity contribution in [1.82, 2.24) is 10.2 Å². The molecule has 0 saturated carbocycles. The van der Waals surface area contributed by atoms with Gasteiger partial charge >= 0.3 is 0 Å². The maximum atomic E-state index is 3.86. The van der Waals surface area contributed by atoms with Crippen LogP contribution in [0.3, 0.4) is 0 Å². The molecule has 0 amide bonds. The van der Waals surface area contributed by atoms with Gasteiger partial charge in [-0.1, -0.05) is 19.2 Å². The van der Waals surface area contributed by atoms with E-state index in [2.05, 4.69) is 25.1 Å². The first-order valence-corrected chi connectivity index (χ1v) is 3.24. The van der Waals surface area contributed by atoms with Gasteiger partial charge in [0.2, 0.25) is 0 Å². The fourth-order valence-corrected chi connectivity index (χ4v) is 0.954. The van der Waals surface area contributed by atoms with E-state index in [0.717, 1.165) is 24.6 Å². The van der Waals surface area contributed by atoms with E-state index in [1.807, 2.05) is 11.0 Å². The Morgan fingerprint density at radius 1 is 1.60 bits per heavy atom. The van der Waals surface area contributed by atoms with Crippen LogP contribution < -0.4 is 5.32 Å². The summed E-state index contributed by atoms with van der Waals surface area (Å²) in [6.45, 7) is 12.9. The maximum absolute atomic E-state index is 3.86. The average Bonchev–Trinajstić information content (AvgIpc) is 2.20. The molecule has 0 radical (unpaired) electrons. The third-order valence-corrected chi connectivity index (χ3v) is 1.52. The molecule has 0 aromatic rings. The number of hydrogen-bond donors (Lipinski definition) is 1. The van der Waals surface area contributed by atoms with Crippen LogP contribution in [0.4, 0.5) is 0 Å². The first-order chi connectivity index (χ1) is 4.75. The van der Waals surface area contributed by atoms with E-state index in [-0.39, 0.29) is 0 Å². The molecule has 2 heteroatoms. The highest BCUT2D eigenvalue weighted by atomic mass is 15.3. The van der Waals surface area contributed by atoms with Crippen molar-refractivity contribution in [3.63, 3.8) is 0 Å². The zero-order valence-electron chi connectivity index (χ0n) is 6.06. The van der Waals surface area contributed by atoms with Gasteiger partial charge in [-0.2, -0.15) is 0 Å². The summed E-state index contributed by atoms with van der Waals surface area (Å²) >= 11 is 0. The van der Waals surface area contributed by atoms with Gasteiger partial charge in [-0.3, -0.25) is 0 Å². The quantitative estimate of drug-likeness (QED) is 0.571. The van der Waals surface area contributed by atoms with Gasteiger partial charge in [0.25, 0.3) is 0 Å². The van der Waals surface area contributed by atoms with Crippen LogP contribution in [0.5, 0.6) is 0 Å². The Kier molecular flexibility index (Phi) is 1.81. The van der Waals surface area contributed by atoms with E-state index < -0.39 is 0 Å². The molecule has 2 nitrogen and oxygen atoms in total. The zero-order valence-corrected chi connectivity index (χ0v) is 6.06. The Morgan fingerprint density at radius 2 is 2.30 bits per heavy atom. The summed E-state index contributed by atoms with van der Waals surface area (Å²) in [5.41, 5.74) is 1.06. The standard InChI is InChI=1S/C8H12N2/c1-4-5-10-7(2)6-9-8(10)3/h4,9H,1-3,5-6H2. The van der Waals surface area contributed by atoms with Crippen molar-refractivity contribution in [3.05, 3.63) is 37.3 Å². The van der Waals surface area contributed by atoms with E-state index in [1.165, 1.54) is 0 Å². The lowest BCUT2D eigenvalue weighted by molar-refractivity contribution is 0.507. The van der Waals surface area contributed by atoms with Gasteiger partial charge in [-0.15, -0.1) is 6.58 Å². The molecule has 0 aromatic heterocycles. The average molecular weight is 136 g/mol. The second-order valence-electron chi connectivity index (χ2n) is 2.27. The zero-order chi connectivity index (χ0) is 7.56. The highest BCUT2D eigenvalue weighted by Crippen LogP contribution is 2.13. The molecule has 1 fully saturated rings. The number of nitrogens with one attached hydrogen (secondary N) is 1. The summed E-state index contributed by atoms with van der Waals surface area (Å²) in [4.78, 5) is 2.01. The minimum absolute atomic E-state index is 0.796. The topological polar surface area (TPSA) is 15.3 Å². The Hall–Kier alpha value is -1.18. The minimum atomic E-state index is 0.796. The molecule has 0 aliphatic carbocycles. The van der Waals surface area contributed by atoms with Gasteiger partial charge < -0.3 is 10.2 Å². The summed E-state index contributed by atoms with van der Waals surface area (Å²) in [5, 5.41) is 3.09. The SMILES string of the molecule is C=CCN1C(=C)CNC1=C. The predicted octanol–water partition coefficient (Wildman–Crippen LogP) is 1.06. The Morgan fingerprint density at radius 3 is 2.70 bits per heavy atom. The lowest BCUT2D eigenvalue weighted by Crippen LogP contribution is -2.17. The Labute approximate surface area is 61.5 Å². The summed E-state index contributed by atoms with van der Waals surface area (Å²) in [7, 11) is 0. The van der Waals surface area contributed by atoms with Gasteiger partial charge in [-0.05, 0) is 0 Å². The molecule has 0 aromatic carbocycles. The van der Waals surface area contributed by atoms with E-state index in [4.69, 9.17) is 0 Å². The third kappa shape index (κ3) is 1.05. The fraction of sp³-hybridized carbons (Fsp3) is 0.250. The smallest absolute Gasteiger partial charge is 0.0987 e. The molecular weight excluding hydrogens is 124 g/mol. The van der Waals surface area contributed by atoms with Gasteiger partial charge in [-0.25, -0.2) is 0 Å². The van der Waals surface area contributed by atoms with Crippen LogP contribution in [0.25, 0.3) is 0 Å². The molecule has 1 aliphatic heterocycles. The number of hydrogen-bond acceptors (Lipinski definition) is 2. The first-order valence-electron chi connectivity index (χ1n) is 3.24. The third-order valence-electron chi connectivity index (χ3n) is 1.52. The molecule has 0 spiro atoms. The highest BCUT2D eigenvalue weighted by Gasteiger charge is 2.15. The Balaban J connectivity index is 2.62. The molecule has 54 valence electrons. The van der Waals surface area contributed by atoms with Gasteiger partial charge in [0.1, 0.15) is 0 Å². The summed E-state index contributed by atoms with van der Waals surface area (Å²) in [6, 6.07) is 0. The number of rotatable bonds is 2. The first kappa shape index (κ1) is 6.93. The van der Waals surface area contributed by atoms with Crippen molar-refractivity contribution in [3.8, 4) is 0 Å². The molecule has 1 rings (SSSR count). The van der Waals surface area contributed by atoms with E-state index in [1.54, 1.807) is 0 Å². The van der Waals surface area contributed by atoms with Crippen molar-refractivity contribution in [1.29, 1.82) is 0 Å². The van der Waals surface area contributed by atoms with Crippen LogP contribution in [0, 0.1) is 0 Å². The summed E-state index contributed by atoms with van der Waals surface area (Å²) < 4.78 is 0. The van der Waals surface area contributed by atoms with Crippen molar-refractivity contribution in [2.75, 3.05) is 13.1 Å². The van der Waals surface area contributed by atoms with Gasteiger partial charge in [0.05, 0.1) is 12.4 Å². The van der Waals surface area contributed by atoms with E-state index >= 15 is 0 Å². The number of nitrogens with zero attached hydrogens (tertiary/aromatic N) is 1. The second-order valence-corrected chi connectivity index (χ2v) is 2.27. The highest BCUT2D eigenvalue weighted by molar-refractivity contribution is 5.16. The van der Waals surface area contributed by atoms with Crippen LogP contribution in [-0.2, 0) is 0 Å². The molecule has 1 saturated heterocycles. The molecule has 1 heterocycles. The maximum Gasteiger partial charge on any atom is 0.0987 e. The summed E-state index contributed by atoms with van der Waals surface area (Å²) in [6.07, 6.45) is 1.84. The molecule has 1 N–H and O–H groups in total.